The molecule has 1 aliphatic carbocycles. The zero-order valence-corrected chi connectivity index (χ0v) is 22.6. The number of hydrogen-bond donors (Lipinski definition) is 2. The number of alkyl halides is 3. The third-order valence-electron chi connectivity index (χ3n) is 8.16. The highest BCUT2D eigenvalue weighted by atomic mass is 19.4. The number of fused-ring (bicyclic) bond motifs is 3. The molecule has 2 aliphatic rings. The van der Waals surface area contributed by atoms with Gasteiger partial charge in [0.15, 0.2) is 12.4 Å². The fraction of sp³-hybridized carbons (Fsp3) is 0.387. The van der Waals surface area contributed by atoms with Crippen LogP contribution in [0.1, 0.15) is 53.6 Å². The van der Waals surface area contributed by atoms with Crippen LogP contribution in [0.5, 0.6) is 0 Å². The number of benzene rings is 2. The molecule has 1 aromatic heterocycles. The molecule has 0 spiro atoms. The fourth-order valence-electron chi connectivity index (χ4n) is 6.14. The van der Waals surface area contributed by atoms with Gasteiger partial charge in [-0.15, -0.1) is 0 Å². The SMILES string of the molecule is O=C(NC1CCN(CCCCC2(C(=O)NCC(F)(F)F)c3ccccc3-c3ccccc32)CC1)c1cc[n+]([O-])cc1. The Labute approximate surface area is 237 Å². The van der Waals surface area contributed by atoms with Crippen LogP contribution in [-0.4, -0.2) is 55.1 Å². The maximum atomic E-state index is 13.6. The van der Waals surface area contributed by atoms with Crippen molar-refractivity contribution < 1.29 is 27.5 Å². The highest BCUT2D eigenvalue weighted by Crippen LogP contribution is 2.51. The normalized spacial score (nSPS) is 16.6. The third-order valence-corrected chi connectivity index (χ3v) is 8.16. The van der Waals surface area contributed by atoms with E-state index in [0.29, 0.717) is 23.1 Å². The second-order valence-electron chi connectivity index (χ2n) is 10.8. The quantitative estimate of drug-likeness (QED) is 0.229. The van der Waals surface area contributed by atoms with Crippen molar-refractivity contribution in [3.8, 4) is 11.1 Å². The van der Waals surface area contributed by atoms with Gasteiger partial charge in [0.25, 0.3) is 5.91 Å². The van der Waals surface area contributed by atoms with Gasteiger partial charge in [-0.3, -0.25) is 9.59 Å². The molecule has 2 N–H and O–H groups in total. The van der Waals surface area contributed by atoms with Gasteiger partial charge in [-0.05, 0) is 54.5 Å². The number of hydrogen-bond acceptors (Lipinski definition) is 4. The van der Waals surface area contributed by atoms with Gasteiger partial charge in [-0.2, -0.15) is 17.9 Å². The lowest BCUT2D eigenvalue weighted by Crippen LogP contribution is -2.47. The molecule has 10 heteroatoms. The number of aromatic nitrogens is 1. The summed E-state index contributed by atoms with van der Waals surface area (Å²) in [6.07, 6.45) is 1.53. The van der Waals surface area contributed by atoms with E-state index in [1.54, 1.807) is 0 Å². The van der Waals surface area contributed by atoms with Gasteiger partial charge < -0.3 is 20.7 Å². The van der Waals surface area contributed by atoms with E-state index in [1.807, 2.05) is 48.5 Å². The van der Waals surface area contributed by atoms with Crippen LogP contribution in [0.4, 0.5) is 13.2 Å². The van der Waals surface area contributed by atoms with Crippen LogP contribution in [0.3, 0.4) is 0 Å². The zero-order valence-electron chi connectivity index (χ0n) is 22.6. The largest absolute Gasteiger partial charge is 0.619 e. The van der Waals surface area contributed by atoms with Crippen LogP contribution < -0.4 is 15.4 Å². The highest BCUT2D eigenvalue weighted by molar-refractivity contribution is 6.00. The van der Waals surface area contributed by atoms with Crippen molar-refractivity contribution in [2.24, 2.45) is 0 Å². The van der Waals surface area contributed by atoms with E-state index in [-0.39, 0.29) is 11.9 Å². The molecule has 0 atom stereocenters. The Morgan fingerprint density at radius 2 is 1.51 bits per heavy atom. The molecule has 7 nitrogen and oxygen atoms in total. The minimum Gasteiger partial charge on any atom is -0.619 e. The van der Waals surface area contributed by atoms with E-state index in [9.17, 15) is 28.0 Å². The van der Waals surface area contributed by atoms with Crippen molar-refractivity contribution in [1.82, 2.24) is 15.5 Å². The van der Waals surface area contributed by atoms with E-state index in [2.05, 4.69) is 15.5 Å². The van der Waals surface area contributed by atoms with Crippen LogP contribution in [0.2, 0.25) is 0 Å². The van der Waals surface area contributed by atoms with Crippen molar-refractivity contribution >= 4 is 11.8 Å². The number of carbonyl (C=O) groups is 2. The first-order chi connectivity index (χ1) is 19.7. The number of piperidine rings is 1. The lowest BCUT2D eigenvalue weighted by molar-refractivity contribution is -0.605. The molecule has 41 heavy (non-hydrogen) atoms. The van der Waals surface area contributed by atoms with Gasteiger partial charge in [0.1, 0.15) is 12.0 Å². The number of nitrogens with one attached hydrogen (secondary N) is 2. The predicted molar refractivity (Wildman–Crippen MR) is 148 cm³/mol. The maximum absolute atomic E-state index is 13.6. The van der Waals surface area contributed by atoms with E-state index in [0.717, 1.165) is 61.2 Å². The first-order valence-electron chi connectivity index (χ1n) is 13.9. The molecular formula is C31H33F3N4O3. The minimum atomic E-state index is -4.50. The summed E-state index contributed by atoms with van der Waals surface area (Å²) in [6, 6.07) is 18.0. The monoisotopic (exact) mass is 566 g/mol. The molecule has 0 radical (unpaired) electrons. The average molecular weight is 567 g/mol. The molecule has 5 rings (SSSR count). The Hall–Kier alpha value is -3.92. The molecule has 3 aromatic rings. The lowest BCUT2D eigenvalue weighted by Gasteiger charge is -2.33. The van der Waals surface area contributed by atoms with E-state index in [1.165, 1.54) is 24.5 Å². The number of carbonyl (C=O) groups excluding carboxylic acids is 2. The maximum Gasteiger partial charge on any atom is 0.405 e. The molecule has 2 amide bonds. The first kappa shape index (κ1) is 28.6. The second-order valence-corrected chi connectivity index (χ2v) is 10.8. The number of rotatable bonds is 9. The summed E-state index contributed by atoms with van der Waals surface area (Å²) in [5.41, 5.74) is 2.54. The van der Waals surface area contributed by atoms with Crippen molar-refractivity contribution in [2.75, 3.05) is 26.2 Å². The van der Waals surface area contributed by atoms with Crippen molar-refractivity contribution in [2.45, 2.75) is 49.7 Å². The molecule has 2 heterocycles. The highest BCUT2D eigenvalue weighted by Gasteiger charge is 2.49. The van der Waals surface area contributed by atoms with Crippen LogP contribution in [-0.2, 0) is 10.2 Å². The summed E-state index contributed by atoms with van der Waals surface area (Å²) in [5.74, 6) is -0.817. The Morgan fingerprint density at radius 1 is 0.927 bits per heavy atom. The van der Waals surface area contributed by atoms with E-state index < -0.39 is 24.0 Å². The summed E-state index contributed by atoms with van der Waals surface area (Å²) in [5, 5.41) is 16.4. The van der Waals surface area contributed by atoms with Gasteiger partial charge in [-0.25, -0.2) is 0 Å². The molecule has 1 aliphatic heterocycles. The molecule has 2 aromatic carbocycles. The minimum absolute atomic E-state index is 0.0467. The molecule has 0 saturated carbocycles. The van der Waals surface area contributed by atoms with Crippen LogP contribution in [0.15, 0.2) is 73.1 Å². The number of halogens is 3. The fourth-order valence-corrected chi connectivity index (χ4v) is 6.14. The Balaban J connectivity index is 1.20. The zero-order chi connectivity index (χ0) is 29.0. The first-order valence-corrected chi connectivity index (χ1v) is 13.9. The second kappa shape index (κ2) is 11.9. The van der Waals surface area contributed by atoms with Crippen LogP contribution in [0.25, 0.3) is 11.1 Å². The van der Waals surface area contributed by atoms with Crippen LogP contribution >= 0.6 is 0 Å². The van der Waals surface area contributed by atoms with Crippen molar-refractivity contribution in [3.63, 3.8) is 0 Å². The van der Waals surface area contributed by atoms with Gasteiger partial charge in [0.2, 0.25) is 5.91 Å². The Kier molecular flexibility index (Phi) is 8.30. The van der Waals surface area contributed by atoms with E-state index >= 15 is 0 Å². The standard InChI is InChI=1S/C31H33F3N4O3/c32-31(33,34)21-35-29(40)30(26-9-3-1-7-24(26)25-8-2-4-10-27(25)30)15-5-6-16-37-17-13-23(14-18-37)36-28(39)22-11-19-38(41)20-12-22/h1-4,7-12,19-20,23H,5-6,13-18,21H2,(H,35,40)(H,36,39). The predicted octanol–water partition coefficient (Wildman–Crippen LogP) is 4.33. The summed E-state index contributed by atoms with van der Waals surface area (Å²) >= 11 is 0. The van der Waals surface area contributed by atoms with Crippen molar-refractivity contribution in [1.29, 1.82) is 0 Å². The lowest BCUT2D eigenvalue weighted by atomic mass is 9.73. The Morgan fingerprint density at radius 3 is 2.10 bits per heavy atom. The molecular weight excluding hydrogens is 533 g/mol. The average Bonchev–Trinajstić information content (AvgIpc) is 3.25. The number of likely N-dealkylation sites (tertiary alicyclic amines) is 1. The number of nitrogens with zero attached hydrogens (tertiary/aromatic N) is 2. The number of pyridine rings is 1. The molecule has 216 valence electrons. The topological polar surface area (TPSA) is 88.4 Å². The third kappa shape index (κ3) is 6.22. The molecule has 1 fully saturated rings. The van der Waals surface area contributed by atoms with Gasteiger partial charge >= 0.3 is 6.18 Å². The molecule has 0 unspecified atom stereocenters. The Bertz CT molecular complexity index is 1340. The van der Waals surface area contributed by atoms with Gasteiger partial charge in [-0.1, -0.05) is 55.0 Å². The smallest absolute Gasteiger partial charge is 0.405 e. The number of unbranched alkanes of at least 4 members (excludes halogenated alkanes) is 1. The molecule has 1 saturated heterocycles. The summed E-state index contributed by atoms with van der Waals surface area (Å²) < 4.78 is 39.9. The van der Waals surface area contributed by atoms with E-state index in [4.69, 9.17) is 0 Å². The van der Waals surface area contributed by atoms with Gasteiger partial charge in [0, 0.05) is 31.3 Å². The summed E-state index contributed by atoms with van der Waals surface area (Å²) in [6.45, 7) is 1.05. The molecule has 0 bridgehead atoms. The summed E-state index contributed by atoms with van der Waals surface area (Å²) in [4.78, 5) is 28.4. The van der Waals surface area contributed by atoms with Crippen LogP contribution in [0, 0.1) is 5.21 Å². The summed E-state index contributed by atoms with van der Waals surface area (Å²) in [7, 11) is 0. The van der Waals surface area contributed by atoms with Gasteiger partial charge in [0.05, 0.1) is 5.56 Å². The number of amides is 2. The van der Waals surface area contributed by atoms with Crippen molar-refractivity contribution in [3.05, 3.63) is 95.0 Å².